The molecule has 0 atom stereocenters. The zero-order chi connectivity index (χ0) is 8.10. The normalized spacial score (nSPS) is 10.0. The fourth-order valence-electron chi connectivity index (χ4n) is 0.773. The van der Waals surface area contributed by atoms with E-state index in [1.165, 1.54) is 0 Å². The highest BCUT2D eigenvalue weighted by Crippen LogP contribution is 2.04. The summed E-state index contributed by atoms with van der Waals surface area (Å²) < 4.78 is 9.80. The van der Waals surface area contributed by atoms with E-state index in [-0.39, 0.29) is 0 Å². The van der Waals surface area contributed by atoms with Crippen molar-refractivity contribution >= 4 is 0 Å². The lowest BCUT2D eigenvalue weighted by Gasteiger charge is -1.94. The fraction of sp³-hybridized carbons (Fsp3) is 0.571. The summed E-state index contributed by atoms with van der Waals surface area (Å²) in [5.41, 5.74) is 0. The number of rotatable bonds is 4. The molecule has 11 heavy (non-hydrogen) atoms. The third-order valence-electron chi connectivity index (χ3n) is 1.37. The molecule has 0 saturated carbocycles. The van der Waals surface area contributed by atoms with Crippen LogP contribution < -0.4 is 4.74 Å². The van der Waals surface area contributed by atoms with E-state index in [4.69, 9.17) is 9.47 Å². The zero-order valence-electron chi connectivity index (χ0n) is 6.76. The smallest absolute Gasteiger partial charge is 0.210 e. The molecular weight excluding hydrogens is 144 g/mol. The van der Waals surface area contributed by atoms with Gasteiger partial charge in [-0.05, 0) is 0 Å². The highest BCUT2D eigenvalue weighted by atomic mass is 16.5. The number of nitrogens with zero attached hydrogens (tertiary/aromatic N) is 1. The predicted molar refractivity (Wildman–Crippen MR) is 40.7 cm³/mol. The zero-order valence-corrected chi connectivity index (χ0v) is 6.76. The van der Waals surface area contributed by atoms with Crippen LogP contribution in [0, 0.1) is 0 Å². The number of aromatic nitrogens is 2. The molecule has 0 saturated heterocycles. The molecule has 0 radical (unpaired) electrons. The van der Waals surface area contributed by atoms with Gasteiger partial charge in [-0.3, -0.25) is 0 Å². The van der Waals surface area contributed by atoms with E-state index < -0.39 is 0 Å². The Labute approximate surface area is 65.5 Å². The second-order valence-corrected chi connectivity index (χ2v) is 2.14. The van der Waals surface area contributed by atoms with Crippen LogP contribution in [0.3, 0.4) is 0 Å². The van der Waals surface area contributed by atoms with Crippen LogP contribution in [0.5, 0.6) is 5.88 Å². The molecule has 4 heteroatoms. The van der Waals surface area contributed by atoms with Gasteiger partial charge in [-0.15, -0.1) is 0 Å². The third kappa shape index (κ3) is 2.23. The molecule has 0 aliphatic rings. The summed E-state index contributed by atoms with van der Waals surface area (Å²) in [6, 6.07) is 0. The van der Waals surface area contributed by atoms with Gasteiger partial charge in [0.1, 0.15) is 5.82 Å². The molecule has 1 heterocycles. The van der Waals surface area contributed by atoms with Gasteiger partial charge in [0.05, 0.1) is 19.9 Å². The number of nitrogens with one attached hydrogen (secondary N) is 1. The summed E-state index contributed by atoms with van der Waals surface area (Å²) in [5.74, 6) is 1.58. The molecule has 4 nitrogen and oxygen atoms in total. The summed E-state index contributed by atoms with van der Waals surface area (Å²) in [7, 11) is 3.27. The van der Waals surface area contributed by atoms with Crippen molar-refractivity contribution in [1.82, 2.24) is 9.97 Å². The fourth-order valence-corrected chi connectivity index (χ4v) is 0.773. The monoisotopic (exact) mass is 156 g/mol. The lowest BCUT2D eigenvalue weighted by molar-refractivity contribution is 0.200. The van der Waals surface area contributed by atoms with E-state index in [0.717, 1.165) is 12.2 Å². The highest BCUT2D eigenvalue weighted by molar-refractivity contribution is 5.06. The Morgan fingerprint density at radius 2 is 2.36 bits per heavy atom. The first-order valence-electron chi connectivity index (χ1n) is 3.43. The topological polar surface area (TPSA) is 47.1 Å². The van der Waals surface area contributed by atoms with Crippen molar-refractivity contribution in [1.29, 1.82) is 0 Å². The van der Waals surface area contributed by atoms with E-state index in [2.05, 4.69) is 9.97 Å². The Morgan fingerprint density at radius 1 is 1.55 bits per heavy atom. The summed E-state index contributed by atoms with van der Waals surface area (Å²) in [6.07, 6.45) is 2.45. The van der Waals surface area contributed by atoms with Gasteiger partial charge in [0.2, 0.25) is 5.88 Å². The van der Waals surface area contributed by atoms with Crippen molar-refractivity contribution < 1.29 is 9.47 Å². The van der Waals surface area contributed by atoms with Gasteiger partial charge in [0, 0.05) is 13.5 Å². The molecule has 0 aliphatic heterocycles. The lowest BCUT2D eigenvalue weighted by atomic mass is 10.4. The van der Waals surface area contributed by atoms with Gasteiger partial charge >= 0.3 is 0 Å². The number of imidazole rings is 1. The molecule has 0 amide bonds. The SMILES string of the molecule is COCCc1ncc(OC)[nH]1. The molecule has 0 fully saturated rings. The van der Waals surface area contributed by atoms with Gasteiger partial charge in [0.15, 0.2) is 0 Å². The van der Waals surface area contributed by atoms with E-state index in [9.17, 15) is 0 Å². The molecule has 0 bridgehead atoms. The van der Waals surface area contributed by atoms with E-state index in [1.54, 1.807) is 20.4 Å². The maximum atomic E-state index is 4.92. The molecule has 0 spiro atoms. The summed E-state index contributed by atoms with van der Waals surface area (Å²) in [4.78, 5) is 7.05. The van der Waals surface area contributed by atoms with Crippen molar-refractivity contribution in [3.05, 3.63) is 12.0 Å². The minimum atomic E-state index is 0.677. The molecule has 1 aromatic rings. The van der Waals surface area contributed by atoms with Crippen LogP contribution in [0.4, 0.5) is 0 Å². The highest BCUT2D eigenvalue weighted by Gasteiger charge is 1.98. The minimum Gasteiger partial charge on any atom is -0.481 e. The standard InChI is InChI=1S/C7H12N2O2/c1-10-4-3-6-8-5-7(9-6)11-2/h5H,3-4H2,1-2H3,(H,8,9). The molecule has 0 aromatic carbocycles. The number of hydrogen-bond donors (Lipinski definition) is 1. The number of ether oxygens (including phenoxy) is 2. The van der Waals surface area contributed by atoms with Crippen molar-refractivity contribution in [3.63, 3.8) is 0 Å². The first-order chi connectivity index (χ1) is 5.36. The summed E-state index contributed by atoms with van der Waals surface area (Å²) in [6.45, 7) is 0.677. The molecule has 62 valence electrons. The van der Waals surface area contributed by atoms with Crippen LogP contribution in [0.2, 0.25) is 0 Å². The van der Waals surface area contributed by atoms with E-state index in [1.807, 2.05) is 0 Å². The summed E-state index contributed by atoms with van der Waals surface area (Å²) in [5, 5.41) is 0. The van der Waals surface area contributed by atoms with Crippen LogP contribution in [0.25, 0.3) is 0 Å². The lowest BCUT2D eigenvalue weighted by Crippen LogP contribution is -1.96. The first-order valence-corrected chi connectivity index (χ1v) is 3.43. The van der Waals surface area contributed by atoms with E-state index >= 15 is 0 Å². The number of H-pyrrole nitrogens is 1. The molecule has 1 rings (SSSR count). The number of methoxy groups -OCH3 is 2. The van der Waals surface area contributed by atoms with Crippen molar-refractivity contribution in [2.75, 3.05) is 20.8 Å². The Bertz CT molecular complexity index is 210. The van der Waals surface area contributed by atoms with Crippen LogP contribution in [-0.4, -0.2) is 30.8 Å². The summed E-state index contributed by atoms with van der Waals surface area (Å²) >= 11 is 0. The van der Waals surface area contributed by atoms with Gasteiger partial charge in [-0.1, -0.05) is 0 Å². The quantitative estimate of drug-likeness (QED) is 0.694. The van der Waals surface area contributed by atoms with Crippen molar-refractivity contribution in [2.24, 2.45) is 0 Å². The Hall–Kier alpha value is -1.03. The predicted octanol–water partition coefficient (Wildman–Crippen LogP) is 0.607. The van der Waals surface area contributed by atoms with Crippen LogP contribution in [0.1, 0.15) is 5.82 Å². The van der Waals surface area contributed by atoms with Gasteiger partial charge in [-0.25, -0.2) is 4.98 Å². The van der Waals surface area contributed by atoms with Gasteiger partial charge in [0.25, 0.3) is 0 Å². The molecular formula is C7H12N2O2. The second kappa shape index (κ2) is 3.98. The van der Waals surface area contributed by atoms with Crippen LogP contribution in [0.15, 0.2) is 6.20 Å². The maximum absolute atomic E-state index is 4.92. The average molecular weight is 156 g/mol. The third-order valence-corrected chi connectivity index (χ3v) is 1.37. The second-order valence-electron chi connectivity index (χ2n) is 2.14. The molecule has 1 aromatic heterocycles. The number of hydrogen-bond acceptors (Lipinski definition) is 3. The molecule has 0 aliphatic carbocycles. The van der Waals surface area contributed by atoms with E-state index in [0.29, 0.717) is 12.5 Å². The average Bonchev–Trinajstić information content (AvgIpc) is 2.48. The minimum absolute atomic E-state index is 0.677. The first kappa shape index (κ1) is 8.07. The van der Waals surface area contributed by atoms with Crippen LogP contribution >= 0.6 is 0 Å². The van der Waals surface area contributed by atoms with Gasteiger partial charge < -0.3 is 14.5 Å². The Balaban J connectivity index is 2.44. The molecule has 1 N–H and O–H groups in total. The maximum Gasteiger partial charge on any atom is 0.210 e. The Kier molecular flexibility index (Phi) is 2.92. The van der Waals surface area contributed by atoms with Crippen LogP contribution in [-0.2, 0) is 11.2 Å². The largest absolute Gasteiger partial charge is 0.481 e. The molecule has 0 unspecified atom stereocenters. The Morgan fingerprint density at radius 3 is 2.91 bits per heavy atom. The number of aromatic amines is 1. The van der Waals surface area contributed by atoms with Crippen molar-refractivity contribution in [2.45, 2.75) is 6.42 Å². The van der Waals surface area contributed by atoms with Gasteiger partial charge in [-0.2, -0.15) is 0 Å². The van der Waals surface area contributed by atoms with Crippen molar-refractivity contribution in [3.8, 4) is 5.88 Å².